The molecule has 0 radical (unpaired) electrons. The smallest absolute Gasteiger partial charge is 0.0440 e. The van der Waals surface area contributed by atoms with Crippen molar-refractivity contribution in [1.82, 2.24) is 10.2 Å². The number of hydrogen-bond donors (Lipinski definition) is 1. The normalized spacial score (nSPS) is 23.6. The number of piperidine rings is 2. The lowest BCUT2D eigenvalue weighted by molar-refractivity contribution is 0.127. The summed E-state index contributed by atoms with van der Waals surface area (Å²) in [5, 5.41) is 4.40. The number of rotatable bonds is 2. The van der Waals surface area contributed by atoms with E-state index in [4.69, 9.17) is 11.6 Å². The topological polar surface area (TPSA) is 15.3 Å². The van der Waals surface area contributed by atoms with Crippen molar-refractivity contribution in [2.24, 2.45) is 0 Å². The van der Waals surface area contributed by atoms with Crippen molar-refractivity contribution in [3.8, 4) is 0 Å². The summed E-state index contributed by atoms with van der Waals surface area (Å²) >= 11 is 6.32. The summed E-state index contributed by atoms with van der Waals surface area (Å²) in [6.45, 7) is 4.85. The molecule has 1 N–H and O–H groups in total. The number of halogens is 1. The fraction of sp³-hybridized carbons (Fsp3) is 0.625. The van der Waals surface area contributed by atoms with E-state index in [2.05, 4.69) is 22.3 Å². The summed E-state index contributed by atoms with van der Waals surface area (Å²) in [6.07, 6.45) is 5.15. The zero-order valence-corrected chi connectivity index (χ0v) is 12.2. The third-order valence-electron chi connectivity index (χ3n) is 4.70. The van der Waals surface area contributed by atoms with Gasteiger partial charge in [0.1, 0.15) is 0 Å². The van der Waals surface area contributed by atoms with E-state index in [1.54, 1.807) is 0 Å². The molecule has 0 aromatic heterocycles. The van der Waals surface area contributed by atoms with Gasteiger partial charge in [-0.2, -0.15) is 0 Å². The van der Waals surface area contributed by atoms with E-state index in [-0.39, 0.29) is 0 Å². The standard InChI is InChI=1S/C16H23ClN2/c17-16-4-2-1-3-15(16)13-7-11-19(12-8-13)14-5-9-18-10-6-14/h1-4,13-14,18H,5-12H2. The maximum Gasteiger partial charge on any atom is 0.0440 e. The molecule has 2 heterocycles. The zero-order chi connectivity index (χ0) is 13.1. The average molecular weight is 279 g/mol. The molecule has 2 aliphatic heterocycles. The Balaban J connectivity index is 1.58. The molecule has 0 saturated carbocycles. The minimum absolute atomic E-state index is 0.659. The van der Waals surface area contributed by atoms with Crippen LogP contribution >= 0.6 is 11.6 Å². The second-order valence-electron chi connectivity index (χ2n) is 5.81. The highest BCUT2D eigenvalue weighted by Gasteiger charge is 2.27. The molecule has 3 rings (SSSR count). The Morgan fingerprint density at radius 1 is 1.00 bits per heavy atom. The van der Waals surface area contributed by atoms with Crippen LogP contribution in [-0.2, 0) is 0 Å². The van der Waals surface area contributed by atoms with E-state index in [0.29, 0.717) is 5.92 Å². The Morgan fingerprint density at radius 2 is 1.68 bits per heavy atom. The molecule has 104 valence electrons. The molecule has 0 atom stereocenters. The van der Waals surface area contributed by atoms with Gasteiger partial charge in [0.25, 0.3) is 0 Å². The van der Waals surface area contributed by atoms with Gasteiger partial charge in [0.2, 0.25) is 0 Å². The molecule has 0 aliphatic carbocycles. The SMILES string of the molecule is Clc1ccccc1C1CCN(C2CCNCC2)CC1. The van der Waals surface area contributed by atoms with Crippen molar-refractivity contribution >= 4 is 11.6 Å². The molecule has 1 aromatic carbocycles. The van der Waals surface area contributed by atoms with Crippen LogP contribution in [0.1, 0.15) is 37.2 Å². The van der Waals surface area contributed by atoms with Gasteiger partial charge in [-0.25, -0.2) is 0 Å². The molecule has 0 unspecified atom stereocenters. The third-order valence-corrected chi connectivity index (χ3v) is 5.04. The molecular weight excluding hydrogens is 256 g/mol. The van der Waals surface area contributed by atoms with Gasteiger partial charge >= 0.3 is 0 Å². The summed E-state index contributed by atoms with van der Waals surface area (Å²) in [7, 11) is 0. The summed E-state index contributed by atoms with van der Waals surface area (Å²) in [5.74, 6) is 0.659. The lowest BCUT2D eigenvalue weighted by Crippen LogP contribution is -2.46. The first kappa shape index (κ1) is 13.4. The molecule has 0 amide bonds. The van der Waals surface area contributed by atoms with Gasteiger partial charge in [-0.05, 0) is 69.4 Å². The Morgan fingerprint density at radius 3 is 2.37 bits per heavy atom. The van der Waals surface area contributed by atoms with E-state index in [1.165, 1.54) is 57.4 Å². The zero-order valence-electron chi connectivity index (χ0n) is 11.4. The van der Waals surface area contributed by atoms with Crippen LogP contribution in [0.3, 0.4) is 0 Å². The van der Waals surface area contributed by atoms with Gasteiger partial charge < -0.3 is 10.2 Å². The predicted octanol–water partition coefficient (Wildman–Crippen LogP) is 3.27. The highest BCUT2D eigenvalue weighted by molar-refractivity contribution is 6.31. The van der Waals surface area contributed by atoms with Crippen molar-refractivity contribution in [3.63, 3.8) is 0 Å². The molecule has 2 saturated heterocycles. The molecule has 2 fully saturated rings. The van der Waals surface area contributed by atoms with Crippen molar-refractivity contribution in [2.75, 3.05) is 26.2 Å². The lowest BCUT2D eigenvalue weighted by atomic mass is 9.88. The summed E-state index contributed by atoms with van der Waals surface area (Å²) in [6, 6.07) is 9.17. The van der Waals surface area contributed by atoms with Gasteiger partial charge in [0.15, 0.2) is 0 Å². The highest BCUT2D eigenvalue weighted by atomic mass is 35.5. The summed E-state index contributed by atoms with van der Waals surface area (Å²) < 4.78 is 0. The van der Waals surface area contributed by atoms with Crippen LogP contribution < -0.4 is 5.32 Å². The Labute approximate surface area is 121 Å². The van der Waals surface area contributed by atoms with Gasteiger partial charge in [-0.15, -0.1) is 0 Å². The minimum Gasteiger partial charge on any atom is -0.317 e. The molecule has 2 aliphatic rings. The molecule has 19 heavy (non-hydrogen) atoms. The molecule has 3 heteroatoms. The van der Waals surface area contributed by atoms with Crippen LogP contribution in [0.2, 0.25) is 5.02 Å². The second-order valence-corrected chi connectivity index (χ2v) is 6.22. The van der Waals surface area contributed by atoms with Gasteiger partial charge in [-0.1, -0.05) is 29.8 Å². The number of likely N-dealkylation sites (tertiary alicyclic amines) is 1. The molecule has 0 spiro atoms. The number of benzene rings is 1. The van der Waals surface area contributed by atoms with Gasteiger partial charge in [-0.3, -0.25) is 0 Å². The third kappa shape index (κ3) is 3.13. The monoisotopic (exact) mass is 278 g/mol. The van der Waals surface area contributed by atoms with Crippen LogP contribution in [0.4, 0.5) is 0 Å². The van der Waals surface area contributed by atoms with Gasteiger partial charge in [0, 0.05) is 11.1 Å². The quantitative estimate of drug-likeness (QED) is 0.893. The molecular formula is C16H23ClN2. The van der Waals surface area contributed by atoms with E-state index in [1.807, 2.05) is 12.1 Å². The maximum absolute atomic E-state index is 6.32. The first-order valence-corrected chi connectivity index (χ1v) is 7.91. The van der Waals surface area contributed by atoms with Crippen LogP contribution in [0, 0.1) is 0 Å². The highest BCUT2D eigenvalue weighted by Crippen LogP contribution is 2.33. The number of hydrogen-bond acceptors (Lipinski definition) is 2. The fourth-order valence-corrected chi connectivity index (χ4v) is 3.84. The minimum atomic E-state index is 0.659. The summed E-state index contributed by atoms with van der Waals surface area (Å²) in [5.41, 5.74) is 1.36. The van der Waals surface area contributed by atoms with Crippen LogP contribution in [0.5, 0.6) is 0 Å². The summed E-state index contributed by atoms with van der Waals surface area (Å²) in [4.78, 5) is 2.70. The fourth-order valence-electron chi connectivity index (χ4n) is 3.55. The van der Waals surface area contributed by atoms with Crippen molar-refractivity contribution in [2.45, 2.75) is 37.6 Å². The van der Waals surface area contributed by atoms with Gasteiger partial charge in [0.05, 0.1) is 0 Å². The van der Waals surface area contributed by atoms with E-state index >= 15 is 0 Å². The maximum atomic E-state index is 6.32. The molecule has 0 bridgehead atoms. The van der Waals surface area contributed by atoms with Crippen molar-refractivity contribution in [1.29, 1.82) is 0 Å². The largest absolute Gasteiger partial charge is 0.317 e. The Hall–Kier alpha value is -0.570. The van der Waals surface area contributed by atoms with Crippen molar-refractivity contribution < 1.29 is 0 Å². The van der Waals surface area contributed by atoms with E-state index in [9.17, 15) is 0 Å². The van der Waals surface area contributed by atoms with Crippen LogP contribution in [0.15, 0.2) is 24.3 Å². The Bertz CT molecular complexity index is 407. The lowest BCUT2D eigenvalue weighted by Gasteiger charge is -2.39. The second kappa shape index (κ2) is 6.25. The van der Waals surface area contributed by atoms with Crippen LogP contribution in [0.25, 0.3) is 0 Å². The predicted molar refractivity (Wildman–Crippen MR) is 80.9 cm³/mol. The first-order valence-electron chi connectivity index (χ1n) is 7.54. The molecule has 1 aromatic rings. The van der Waals surface area contributed by atoms with E-state index < -0.39 is 0 Å². The number of nitrogens with zero attached hydrogens (tertiary/aromatic N) is 1. The number of nitrogens with one attached hydrogen (secondary N) is 1. The molecule has 2 nitrogen and oxygen atoms in total. The average Bonchev–Trinajstić information content (AvgIpc) is 2.49. The van der Waals surface area contributed by atoms with Crippen molar-refractivity contribution in [3.05, 3.63) is 34.9 Å². The first-order chi connectivity index (χ1) is 9.34. The van der Waals surface area contributed by atoms with E-state index in [0.717, 1.165) is 11.1 Å². The van der Waals surface area contributed by atoms with Crippen LogP contribution in [-0.4, -0.2) is 37.1 Å². The Kier molecular flexibility index (Phi) is 4.42.